The molecule has 2 heterocycles. The standard InChI is InChI=1S/C15H20F3N5/c1-10(2)12(13-19-8-9-23(13)3)22-14-20-7-5-11(21-14)4-6-15(16,17)18/h5,7-10,12H,4,6H2,1-3H3,(H,20,21,22). The van der Waals surface area contributed by atoms with E-state index in [9.17, 15) is 13.2 Å². The molecular formula is C15H20F3N5. The quantitative estimate of drug-likeness (QED) is 0.882. The molecule has 5 nitrogen and oxygen atoms in total. The smallest absolute Gasteiger partial charge is 0.344 e. The van der Waals surface area contributed by atoms with Gasteiger partial charge in [0.2, 0.25) is 5.95 Å². The third kappa shape index (κ3) is 4.94. The molecule has 126 valence electrons. The number of anilines is 1. The van der Waals surface area contributed by atoms with Crippen LogP contribution < -0.4 is 5.32 Å². The number of hydrogen-bond donors (Lipinski definition) is 1. The first kappa shape index (κ1) is 17.2. The highest BCUT2D eigenvalue weighted by Gasteiger charge is 2.27. The van der Waals surface area contributed by atoms with Crippen molar-refractivity contribution in [1.29, 1.82) is 0 Å². The third-order valence-corrected chi connectivity index (χ3v) is 3.47. The van der Waals surface area contributed by atoms with Gasteiger partial charge in [-0.3, -0.25) is 0 Å². The minimum absolute atomic E-state index is 0.132. The van der Waals surface area contributed by atoms with Gasteiger partial charge in [0.1, 0.15) is 5.82 Å². The van der Waals surface area contributed by atoms with E-state index < -0.39 is 12.6 Å². The van der Waals surface area contributed by atoms with Crippen LogP contribution in [0, 0.1) is 5.92 Å². The summed E-state index contributed by atoms with van der Waals surface area (Å²) in [6.45, 7) is 4.06. The van der Waals surface area contributed by atoms with Crippen molar-refractivity contribution in [3.8, 4) is 0 Å². The topological polar surface area (TPSA) is 55.6 Å². The van der Waals surface area contributed by atoms with Gasteiger partial charge < -0.3 is 9.88 Å². The minimum Gasteiger partial charge on any atom is -0.344 e. The van der Waals surface area contributed by atoms with E-state index in [1.54, 1.807) is 6.20 Å². The molecule has 2 aromatic rings. The summed E-state index contributed by atoms with van der Waals surface area (Å²) in [6, 6.07) is 1.37. The summed E-state index contributed by atoms with van der Waals surface area (Å²) < 4.78 is 38.8. The van der Waals surface area contributed by atoms with Crippen molar-refractivity contribution in [2.45, 2.75) is 38.9 Å². The van der Waals surface area contributed by atoms with Crippen LogP contribution >= 0.6 is 0 Å². The van der Waals surface area contributed by atoms with E-state index in [2.05, 4.69) is 20.3 Å². The van der Waals surface area contributed by atoms with Crippen LogP contribution in [-0.2, 0) is 13.5 Å². The summed E-state index contributed by atoms with van der Waals surface area (Å²) in [6.07, 6.45) is -0.227. The van der Waals surface area contributed by atoms with Crippen LogP contribution in [0.1, 0.15) is 37.8 Å². The Bertz CT molecular complexity index is 636. The van der Waals surface area contributed by atoms with Gasteiger partial charge in [-0.15, -0.1) is 0 Å². The maximum atomic E-state index is 12.3. The molecule has 0 aliphatic carbocycles. The van der Waals surface area contributed by atoms with E-state index in [-0.39, 0.29) is 18.4 Å². The van der Waals surface area contributed by atoms with Gasteiger partial charge in [0.05, 0.1) is 6.04 Å². The monoisotopic (exact) mass is 327 g/mol. The molecule has 0 bridgehead atoms. The predicted octanol–water partition coefficient (Wildman–Crippen LogP) is 3.51. The number of alkyl halides is 3. The predicted molar refractivity (Wildman–Crippen MR) is 80.8 cm³/mol. The SMILES string of the molecule is CC(C)C(Nc1nccc(CCC(F)(F)F)n1)c1nccn1C. The maximum Gasteiger partial charge on any atom is 0.389 e. The molecule has 2 aromatic heterocycles. The lowest BCUT2D eigenvalue weighted by Crippen LogP contribution is -2.22. The van der Waals surface area contributed by atoms with Gasteiger partial charge in [0, 0.05) is 37.8 Å². The fraction of sp³-hybridized carbons (Fsp3) is 0.533. The number of halogens is 3. The van der Waals surface area contributed by atoms with Crippen molar-refractivity contribution >= 4 is 5.95 Å². The van der Waals surface area contributed by atoms with Crippen LogP contribution in [0.5, 0.6) is 0 Å². The third-order valence-electron chi connectivity index (χ3n) is 3.47. The molecule has 0 saturated heterocycles. The first-order valence-electron chi connectivity index (χ1n) is 7.38. The molecule has 0 spiro atoms. The number of aromatic nitrogens is 4. The number of nitrogens with zero attached hydrogens (tertiary/aromatic N) is 4. The minimum atomic E-state index is -4.19. The second kappa shape index (κ2) is 6.97. The van der Waals surface area contributed by atoms with Crippen molar-refractivity contribution in [3.63, 3.8) is 0 Å². The van der Waals surface area contributed by atoms with Crippen LogP contribution in [0.4, 0.5) is 19.1 Å². The van der Waals surface area contributed by atoms with Gasteiger partial charge in [-0.05, 0) is 18.4 Å². The molecule has 2 rings (SSSR count). The molecule has 1 atom stereocenters. The van der Waals surface area contributed by atoms with Crippen LogP contribution in [0.25, 0.3) is 0 Å². The number of nitrogens with one attached hydrogen (secondary N) is 1. The van der Waals surface area contributed by atoms with E-state index in [1.807, 2.05) is 31.7 Å². The second-order valence-electron chi connectivity index (χ2n) is 5.75. The molecule has 0 radical (unpaired) electrons. The van der Waals surface area contributed by atoms with E-state index in [1.165, 1.54) is 12.3 Å². The van der Waals surface area contributed by atoms with Crippen LogP contribution in [0.2, 0.25) is 0 Å². The van der Waals surface area contributed by atoms with Gasteiger partial charge in [0.15, 0.2) is 0 Å². The molecular weight excluding hydrogens is 307 g/mol. The summed E-state index contributed by atoms with van der Waals surface area (Å²) in [5, 5.41) is 3.17. The number of imidazole rings is 1. The van der Waals surface area contributed by atoms with Crippen molar-refractivity contribution in [2.75, 3.05) is 5.32 Å². The van der Waals surface area contributed by atoms with E-state index in [0.29, 0.717) is 11.6 Å². The zero-order valence-electron chi connectivity index (χ0n) is 13.3. The lowest BCUT2D eigenvalue weighted by Gasteiger charge is -2.22. The molecule has 0 amide bonds. The first-order chi connectivity index (χ1) is 10.8. The van der Waals surface area contributed by atoms with Crippen molar-refractivity contribution in [2.24, 2.45) is 13.0 Å². The molecule has 0 fully saturated rings. The highest BCUT2D eigenvalue weighted by atomic mass is 19.4. The summed E-state index contributed by atoms with van der Waals surface area (Å²) >= 11 is 0. The molecule has 1 N–H and O–H groups in total. The Balaban J connectivity index is 2.13. The van der Waals surface area contributed by atoms with Crippen LogP contribution in [0.15, 0.2) is 24.7 Å². The fourth-order valence-electron chi connectivity index (χ4n) is 2.22. The Morgan fingerprint density at radius 3 is 2.52 bits per heavy atom. The second-order valence-corrected chi connectivity index (χ2v) is 5.75. The Labute approximate surface area is 133 Å². The van der Waals surface area contributed by atoms with E-state index in [4.69, 9.17) is 0 Å². The average Bonchev–Trinajstić information content (AvgIpc) is 2.88. The largest absolute Gasteiger partial charge is 0.389 e. The number of aryl methyl sites for hydroxylation is 2. The molecule has 1 unspecified atom stereocenters. The van der Waals surface area contributed by atoms with Gasteiger partial charge in [-0.1, -0.05) is 13.8 Å². The zero-order chi connectivity index (χ0) is 17.0. The normalized spacial score (nSPS) is 13.3. The zero-order valence-corrected chi connectivity index (χ0v) is 13.3. The van der Waals surface area contributed by atoms with Crippen molar-refractivity contribution < 1.29 is 13.2 Å². The van der Waals surface area contributed by atoms with E-state index >= 15 is 0 Å². The molecule has 0 aliphatic heterocycles. The molecule has 0 aliphatic rings. The van der Waals surface area contributed by atoms with E-state index in [0.717, 1.165) is 5.82 Å². The molecule has 8 heteroatoms. The van der Waals surface area contributed by atoms with Crippen molar-refractivity contribution in [3.05, 3.63) is 36.2 Å². The molecule has 0 saturated carbocycles. The van der Waals surface area contributed by atoms with Crippen LogP contribution in [0.3, 0.4) is 0 Å². The molecule has 23 heavy (non-hydrogen) atoms. The van der Waals surface area contributed by atoms with Gasteiger partial charge in [-0.25, -0.2) is 15.0 Å². The van der Waals surface area contributed by atoms with Crippen LogP contribution in [-0.4, -0.2) is 25.7 Å². The summed E-state index contributed by atoms with van der Waals surface area (Å²) in [7, 11) is 1.89. The number of rotatable bonds is 6. The maximum absolute atomic E-state index is 12.3. The fourth-order valence-corrected chi connectivity index (χ4v) is 2.22. The highest BCUT2D eigenvalue weighted by Crippen LogP contribution is 2.24. The molecule has 0 aromatic carbocycles. The highest BCUT2D eigenvalue weighted by molar-refractivity contribution is 5.29. The van der Waals surface area contributed by atoms with Gasteiger partial charge >= 0.3 is 6.18 Å². The summed E-state index contributed by atoms with van der Waals surface area (Å²) in [4.78, 5) is 12.6. The first-order valence-corrected chi connectivity index (χ1v) is 7.38. The Morgan fingerprint density at radius 1 is 1.22 bits per heavy atom. The van der Waals surface area contributed by atoms with Crippen molar-refractivity contribution in [1.82, 2.24) is 19.5 Å². The Morgan fingerprint density at radius 2 is 1.96 bits per heavy atom. The lowest BCUT2D eigenvalue weighted by molar-refractivity contribution is -0.134. The summed E-state index contributed by atoms with van der Waals surface area (Å²) in [5.74, 6) is 1.34. The Kier molecular flexibility index (Phi) is 5.23. The Hall–Kier alpha value is -2.12. The average molecular weight is 327 g/mol. The van der Waals surface area contributed by atoms with Gasteiger partial charge in [0.25, 0.3) is 0 Å². The number of hydrogen-bond acceptors (Lipinski definition) is 4. The summed E-state index contributed by atoms with van der Waals surface area (Å²) in [5.41, 5.74) is 0.363. The lowest BCUT2D eigenvalue weighted by atomic mass is 10.0. The van der Waals surface area contributed by atoms with Gasteiger partial charge in [-0.2, -0.15) is 13.2 Å².